The summed E-state index contributed by atoms with van der Waals surface area (Å²) >= 11 is 0. The first-order valence-electron chi connectivity index (χ1n) is 7.18. The first kappa shape index (κ1) is 16.4. The minimum Gasteiger partial charge on any atom is -0.305 e. The minimum atomic E-state index is -3.99. The van der Waals surface area contributed by atoms with E-state index in [0.29, 0.717) is 15.4 Å². The van der Waals surface area contributed by atoms with Crippen molar-refractivity contribution in [2.75, 3.05) is 11.9 Å². The highest BCUT2D eigenvalue weighted by atomic mass is 32.2. The number of benzene rings is 2. The number of hydrogen-bond acceptors (Lipinski definition) is 3. The van der Waals surface area contributed by atoms with Gasteiger partial charge in [0.1, 0.15) is 4.90 Å². The Morgan fingerprint density at radius 2 is 1.88 bits per heavy atom. The second-order valence-electron chi connectivity index (χ2n) is 5.45. The van der Waals surface area contributed by atoms with Crippen molar-refractivity contribution in [2.24, 2.45) is 0 Å². The van der Waals surface area contributed by atoms with Crippen LogP contribution in [0.1, 0.15) is 11.1 Å². The molecule has 0 bridgehead atoms. The molecule has 1 N–H and O–H groups in total. The van der Waals surface area contributed by atoms with Crippen molar-refractivity contribution in [2.45, 2.75) is 18.2 Å². The smallest absolute Gasteiger partial charge is 0.305 e. The molecule has 0 aliphatic carbocycles. The van der Waals surface area contributed by atoms with Crippen LogP contribution in [0.4, 0.5) is 19.3 Å². The van der Waals surface area contributed by atoms with E-state index in [2.05, 4.69) is 5.32 Å². The Kier molecular flexibility index (Phi) is 4.00. The molecule has 126 valence electrons. The first-order valence-corrected chi connectivity index (χ1v) is 8.62. The van der Waals surface area contributed by atoms with Crippen molar-refractivity contribution in [3.63, 3.8) is 0 Å². The molecule has 0 spiro atoms. The molecular weight excluding hydrogens is 338 g/mol. The number of aryl methyl sites for hydroxylation is 1. The number of nitrogens with zero attached hydrogens (tertiary/aromatic N) is 1. The zero-order valence-electron chi connectivity index (χ0n) is 12.7. The molecule has 2 aromatic carbocycles. The summed E-state index contributed by atoms with van der Waals surface area (Å²) in [6.45, 7) is 1.53. The molecule has 24 heavy (non-hydrogen) atoms. The van der Waals surface area contributed by atoms with Gasteiger partial charge in [-0.1, -0.05) is 18.2 Å². The Labute approximate surface area is 138 Å². The van der Waals surface area contributed by atoms with Crippen molar-refractivity contribution in [3.8, 4) is 0 Å². The largest absolute Gasteiger partial charge is 0.335 e. The average Bonchev–Trinajstić information content (AvgIpc) is 2.51. The van der Waals surface area contributed by atoms with E-state index in [1.165, 1.54) is 12.1 Å². The van der Waals surface area contributed by atoms with Crippen molar-refractivity contribution >= 4 is 21.7 Å². The molecular formula is C16H14F2N2O3S. The quantitative estimate of drug-likeness (QED) is 0.923. The second kappa shape index (κ2) is 5.86. The number of halogens is 2. The summed E-state index contributed by atoms with van der Waals surface area (Å²) in [6, 6.07) is 7.25. The van der Waals surface area contributed by atoms with Crippen LogP contribution in [0.25, 0.3) is 0 Å². The molecule has 3 rings (SSSR count). The summed E-state index contributed by atoms with van der Waals surface area (Å²) in [5, 5.41) is 2.56. The van der Waals surface area contributed by atoms with Gasteiger partial charge in [-0.2, -0.15) is 0 Å². The van der Waals surface area contributed by atoms with Gasteiger partial charge in [0.05, 0.1) is 5.69 Å². The summed E-state index contributed by atoms with van der Waals surface area (Å²) in [4.78, 5) is 12.2. The Balaban J connectivity index is 1.88. The molecule has 0 radical (unpaired) electrons. The lowest BCUT2D eigenvalue weighted by Crippen LogP contribution is -2.45. The van der Waals surface area contributed by atoms with E-state index in [1.54, 1.807) is 19.1 Å². The highest BCUT2D eigenvalue weighted by Gasteiger charge is 2.36. The second-order valence-corrected chi connectivity index (χ2v) is 7.28. The minimum absolute atomic E-state index is 0.0207. The van der Waals surface area contributed by atoms with Crippen LogP contribution in [0.15, 0.2) is 41.3 Å². The molecule has 2 aromatic rings. The van der Waals surface area contributed by atoms with E-state index in [9.17, 15) is 22.0 Å². The number of urea groups is 1. The van der Waals surface area contributed by atoms with Gasteiger partial charge in [-0.3, -0.25) is 0 Å². The van der Waals surface area contributed by atoms with Gasteiger partial charge in [-0.15, -0.1) is 0 Å². The van der Waals surface area contributed by atoms with Crippen LogP contribution < -0.4 is 5.32 Å². The normalized spacial score (nSPS) is 15.8. The predicted molar refractivity (Wildman–Crippen MR) is 84.2 cm³/mol. The number of amides is 2. The standard InChI is InChI=1S/C16H14F2N2O3S/c1-10-3-2-4-14-15(10)19-16(21)20(24(14,22)23)8-7-11-5-6-12(17)13(18)9-11/h2-6,9H,7-8H2,1H3,(H,19,21). The summed E-state index contributed by atoms with van der Waals surface area (Å²) in [6.07, 6.45) is 0.0744. The maximum Gasteiger partial charge on any atom is 0.335 e. The van der Waals surface area contributed by atoms with E-state index in [1.807, 2.05) is 0 Å². The Bertz CT molecular complexity index is 929. The van der Waals surface area contributed by atoms with E-state index < -0.39 is 27.7 Å². The fraction of sp³-hybridized carbons (Fsp3) is 0.188. The van der Waals surface area contributed by atoms with Gasteiger partial charge in [0.2, 0.25) is 0 Å². The van der Waals surface area contributed by atoms with E-state index in [-0.39, 0.29) is 23.5 Å². The molecule has 1 aliphatic heterocycles. The summed E-state index contributed by atoms with van der Waals surface area (Å²) in [5.74, 6) is -1.99. The lowest BCUT2D eigenvalue weighted by atomic mass is 10.1. The third-order valence-electron chi connectivity index (χ3n) is 3.85. The Hall–Kier alpha value is -2.48. The molecule has 0 saturated heterocycles. The molecule has 5 nitrogen and oxygen atoms in total. The van der Waals surface area contributed by atoms with E-state index in [0.717, 1.165) is 12.1 Å². The third kappa shape index (κ3) is 2.73. The number of sulfonamides is 1. The van der Waals surface area contributed by atoms with Crippen molar-refractivity contribution in [3.05, 3.63) is 59.2 Å². The molecule has 0 fully saturated rings. The van der Waals surface area contributed by atoms with E-state index in [4.69, 9.17) is 0 Å². The molecule has 1 aliphatic rings. The molecule has 0 aromatic heterocycles. The van der Waals surface area contributed by atoms with Gasteiger partial charge in [0.25, 0.3) is 10.0 Å². The summed E-state index contributed by atoms with van der Waals surface area (Å²) < 4.78 is 52.2. The fourth-order valence-corrected chi connectivity index (χ4v) is 4.11. The SMILES string of the molecule is Cc1cccc2c1NC(=O)N(CCc1ccc(F)c(F)c1)S2(=O)=O. The van der Waals surface area contributed by atoms with Crippen LogP contribution in [0, 0.1) is 18.6 Å². The van der Waals surface area contributed by atoms with E-state index >= 15 is 0 Å². The summed E-state index contributed by atoms with van der Waals surface area (Å²) in [5.41, 5.74) is 1.31. The zero-order chi connectivity index (χ0) is 17.5. The zero-order valence-corrected chi connectivity index (χ0v) is 13.5. The maximum atomic E-state index is 13.2. The third-order valence-corrected chi connectivity index (χ3v) is 5.67. The molecule has 0 atom stereocenters. The molecule has 0 unspecified atom stereocenters. The van der Waals surface area contributed by atoms with Gasteiger partial charge >= 0.3 is 6.03 Å². The fourth-order valence-electron chi connectivity index (χ4n) is 2.56. The van der Waals surface area contributed by atoms with Crippen LogP contribution in [-0.4, -0.2) is 25.3 Å². The lowest BCUT2D eigenvalue weighted by Gasteiger charge is -2.29. The monoisotopic (exact) mass is 352 g/mol. The topological polar surface area (TPSA) is 66.5 Å². The Morgan fingerprint density at radius 1 is 1.12 bits per heavy atom. The van der Waals surface area contributed by atoms with Crippen molar-refractivity contribution < 1.29 is 22.0 Å². The Morgan fingerprint density at radius 3 is 2.58 bits per heavy atom. The van der Waals surface area contributed by atoms with Crippen molar-refractivity contribution in [1.82, 2.24) is 4.31 Å². The van der Waals surface area contributed by atoms with Gasteiger partial charge in [-0.05, 0) is 42.7 Å². The lowest BCUT2D eigenvalue weighted by molar-refractivity contribution is 0.235. The molecule has 8 heteroatoms. The van der Waals surface area contributed by atoms with Crippen LogP contribution in [0.5, 0.6) is 0 Å². The number of fused-ring (bicyclic) bond motifs is 1. The predicted octanol–water partition coefficient (Wildman–Crippen LogP) is 3.05. The van der Waals surface area contributed by atoms with Crippen LogP contribution in [-0.2, 0) is 16.4 Å². The van der Waals surface area contributed by atoms with Gasteiger partial charge in [0, 0.05) is 6.54 Å². The van der Waals surface area contributed by atoms with Gasteiger partial charge in [0.15, 0.2) is 11.6 Å². The molecule has 1 heterocycles. The van der Waals surface area contributed by atoms with Crippen LogP contribution >= 0.6 is 0 Å². The number of carbonyl (C=O) groups is 1. The number of anilines is 1. The molecule has 2 amide bonds. The highest BCUT2D eigenvalue weighted by Crippen LogP contribution is 2.32. The van der Waals surface area contributed by atoms with Crippen LogP contribution in [0.2, 0.25) is 0 Å². The van der Waals surface area contributed by atoms with Gasteiger partial charge < -0.3 is 5.32 Å². The number of rotatable bonds is 3. The van der Waals surface area contributed by atoms with Crippen LogP contribution in [0.3, 0.4) is 0 Å². The first-order chi connectivity index (χ1) is 11.3. The number of carbonyl (C=O) groups excluding carboxylic acids is 1. The van der Waals surface area contributed by atoms with Gasteiger partial charge in [-0.25, -0.2) is 26.3 Å². The number of hydrogen-bond donors (Lipinski definition) is 1. The molecule has 0 saturated carbocycles. The number of para-hydroxylation sites is 1. The maximum absolute atomic E-state index is 13.2. The highest BCUT2D eigenvalue weighted by molar-refractivity contribution is 7.90. The number of nitrogens with one attached hydrogen (secondary N) is 1. The average molecular weight is 352 g/mol. The summed E-state index contributed by atoms with van der Waals surface area (Å²) in [7, 11) is -3.99. The van der Waals surface area contributed by atoms with Crippen molar-refractivity contribution in [1.29, 1.82) is 0 Å².